The van der Waals surface area contributed by atoms with E-state index in [0.29, 0.717) is 22.8 Å². The molecular weight excluding hydrogens is 378 g/mol. The van der Waals surface area contributed by atoms with Crippen molar-refractivity contribution in [3.63, 3.8) is 0 Å². The number of nitrogens with one attached hydrogen (secondary N) is 1. The van der Waals surface area contributed by atoms with Gasteiger partial charge >= 0.3 is 5.97 Å². The van der Waals surface area contributed by atoms with Crippen molar-refractivity contribution >= 4 is 11.7 Å². The lowest BCUT2D eigenvalue weighted by Crippen LogP contribution is -2.33. The fourth-order valence-corrected chi connectivity index (χ4v) is 4.32. The van der Waals surface area contributed by atoms with E-state index in [1.54, 1.807) is 0 Å². The molecule has 0 radical (unpaired) electrons. The number of esters is 1. The predicted octanol–water partition coefficient (Wildman–Crippen LogP) is 5.39. The van der Waals surface area contributed by atoms with Crippen LogP contribution in [0.1, 0.15) is 46.5 Å². The SMILES string of the molecule is CNc1ccc2c(c1)C(=O)OC21c2ccc(C)cc2Oc2cc(OC(C)C)ccc21. The Bertz CT molecular complexity index is 1180. The second-order valence-electron chi connectivity index (χ2n) is 8.01. The van der Waals surface area contributed by atoms with Gasteiger partial charge in [-0.05, 0) is 56.7 Å². The highest BCUT2D eigenvalue weighted by molar-refractivity contribution is 5.98. The van der Waals surface area contributed by atoms with Crippen LogP contribution in [0.25, 0.3) is 0 Å². The number of hydrogen-bond donors (Lipinski definition) is 1. The molecule has 1 unspecified atom stereocenters. The van der Waals surface area contributed by atoms with Crippen LogP contribution in [0.4, 0.5) is 5.69 Å². The molecule has 1 spiro atoms. The number of ether oxygens (including phenoxy) is 3. The molecule has 0 aromatic heterocycles. The van der Waals surface area contributed by atoms with Gasteiger partial charge in [-0.25, -0.2) is 4.79 Å². The summed E-state index contributed by atoms with van der Waals surface area (Å²) in [4.78, 5) is 13.0. The first kappa shape index (κ1) is 18.6. The average Bonchev–Trinajstić information content (AvgIpc) is 2.99. The first-order chi connectivity index (χ1) is 14.4. The molecule has 2 aliphatic rings. The van der Waals surface area contributed by atoms with Crippen molar-refractivity contribution in [2.24, 2.45) is 0 Å². The lowest BCUT2D eigenvalue weighted by atomic mass is 9.77. The molecule has 2 aliphatic heterocycles. The van der Waals surface area contributed by atoms with Gasteiger partial charge in [0.25, 0.3) is 0 Å². The molecule has 0 bridgehead atoms. The van der Waals surface area contributed by atoms with E-state index in [4.69, 9.17) is 14.2 Å². The lowest BCUT2D eigenvalue weighted by molar-refractivity contribution is 0.0224. The minimum atomic E-state index is -1.05. The molecule has 0 amide bonds. The monoisotopic (exact) mass is 401 g/mol. The molecule has 0 saturated heterocycles. The second-order valence-corrected chi connectivity index (χ2v) is 8.01. The molecule has 5 nitrogen and oxygen atoms in total. The van der Waals surface area contributed by atoms with E-state index in [0.717, 1.165) is 27.9 Å². The third-order valence-electron chi connectivity index (χ3n) is 5.59. The zero-order valence-electron chi connectivity index (χ0n) is 17.4. The molecule has 152 valence electrons. The summed E-state index contributed by atoms with van der Waals surface area (Å²) in [7, 11) is 1.83. The topological polar surface area (TPSA) is 56.8 Å². The van der Waals surface area contributed by atoms with Crippen LogP contribution in [0.2, 0.25) is 0 Å². The average molecular weight is 401 g/mol. The van der Waals surface area contributed by atoms with Crippen molar-refractivity contribution < 1.29 is 19.0 Å². The fourth-order valence-electron chi connectivity index (χ4n) is 4.32. The second kappa shape index (κ2) is 6.52. The highest BCUT2D eigenvalue weighted by atomic mass is 16.6. The van der Waals surface area contributed by atoms with Crippen molar-refractivity contribution in [1.82, 2.24) is 0 Å². The van der Waals surface area contributed by atoms with E-state index < -0.39 is 5.60 Å². The van der Waals surface area contributed by atoms with Crippen molar-refractivity contribution in [3.05, 3.63) is 82.4 Å². The van der Waals surface area contributed by atoms with Gasteiger partial charge in [-0.2, -0.15) is 0 Å². The third-order valence-corrected chi connectivity index (χ3v) is 5.59. The summed E-state index contributed by atoms with van der Waals surface area (Å²) >= 11 is 0. The predicted molar refractivity (Wildman–Crippen MR) is 115 cm³/mol. The van der Waals surface area contributed by atoms with Gasteiger partial charge in [-0.15, -0.1) is 0 Å². The molecule has 1 N–H and O–H groups in total. The minimum absolute atomic E-state index is 0.0418. The number of fused-ring (bicyclic) bond motifs is 6. The molecule has 3 aromatic rings. The Morgan fingerprint density at radius 2 is 1.63 bits per heavy atom. The van der Waals surface area contributed by atoms with Gasteiger partial charge in [0.2, 0.25) is 0 Å². The zero-order chi connectivity index (χ0) is 21.0. The van der Waals surface area contributed by atoms with Crippen molar-refractivity contribution in [2.75, 3.05) is 12.4 Å². The van der Waals surface area contributed by atoms with Gasteiger partial charge in [0.05, 0.1) is 11.7 Å². The first-order valence-electron chi connectivity index (χ1n) is 10.1. The molecule has 2 heterocycles. The largest absolute Gasteiger partial charge is 0.491 e. The first-order valence-corrected chi connectivity index (χ1v) is 10.1. The van der Waals surface area contributed by atoms with Crippen LogP contribution in [0.15, 0.2) is 54.6 Å². The van der Waals surface area contributed by atoms with Crippen LogP contribution in [0.3, 0.4) is 0 Å². The number of carbonyl (C=O) groups excluding carboxylic acids is 1. The van der Waals surface area contributed by atoms with Gasteiger partial charge in [0.15, 0.2) is 5.60 Å². The molecular formula is C25H23NO4. The van der Waals surface area contributed by atoms with E-state index in [-0.39, 0.29) is 12.1 Å². The molecule has 1 atom stereocenters. The van der Waals surface area contributed by atoms with E-state index in [9.17, 15) is 4.79 Å². The standard InChI is InChI=1S/C25H23NO4/c1-14(2)28-17-7-10-21-23(13-17)29-22-11-15(3)5-8-20(22)25(21)19-9-6-16(26-4)12-18(19)24(27)30-25/h5-14,26H,1-4H3. The molecule has 30 heavy (non-hydrogen) atoms. The molecule has 5 rings (SSSR count). The maximum Gasteiger partial charge on any atom is 0.340 e. The van der Waals surface area contributed by atoms with Crippen LogP contribution >= 0.6 is 0 Å². The zero-order valence-corrected chi connectivity index (χ0v) is 17.4. The van der Waals surface area contributed by atoms with Crippen molar-refractivity contribution in [3.8, 4) is 17.2 Å². The van der Waals surface area contributed by atoms with Gasteiger partial charge in [-0.3, -0.25) is 0 Å². The number of carbonyl (C=O) groups is 1. The lowest BCUT2D eigenvalue weighted by Gasteiger charge is -2.36. The number of anilines is 1. The van der Waals surface area contributed by atoms with E-state index in [1.807, 2.05) is 82.4 Å². The quantitative estimate of drug-likeness (QED) is 0.596. The fraction of sp³-hybridized carbons (Fsp3) is 0.240. The number of aryl methyl sites for hydroxylation is 1. The summed E-state index contributed by atoms with van der Waals surface area (Å²) in [5, 5.41) is 3.09. The highest BCUT2D eigenvalue weighted by Crippen LogP contribution is 2.56. The minimum Gasteiger partial charge on any atom is -0.491 e. The van der Waals surface area contributed by atoms with Crippen molar-refractivity contribution in [1.29, 1.82) is 0 Å². The van der Waals surface area contributed by atoms with Crippen molar-refractivity contribution in [2.45, 2.75) is 32.5 Å². The van der Waals surface area contributed by atoms with E-state index in [2.05, 4.69) is 5.32 Å². The van der Waals surface area contributed by atoms with Gasteiger partial charge in [-0.1, -0.05) is 18.2 Å². The maximum atomic E-state index is 13.0. The summed E-state index contributed by atoms with van der Waals surface area (Å²) in [5.41, 5.74) is 3.87. The van der Waals surface area contributed by atoms with E-state index >= 15 is 0 Å². The molecule has 0 saturated carbocycles. The molecule has 3 aromatic carbocycles. The van der Waals surface area contributed by atoms with Crippen LogP contribution in [-0.4, -0.2) is 19.1 Å². The normalized spacial score (nSPS) is 18.4. The Kier molecular flexibility index (Phi) is 4.03. The maximum absolute atomic E-state index is 13.0. The molecule has 0 fully saturated rings. The Balaban J connectivity index is 1.79. The number of rotatable bonds is 3. The van der Waals surface area contributed by atoms with Crippen LogP contribution in [0, 0.1) is 6.92 Å². The number of hydrogen-bond acceptors (Lipinski definition) is 5. The summed E-state index contributed by atoms with van der Waals surface area (Å²) in [6.45, 7) is 5.97. The summed E-state index contributed by atoms with van der Waals surface area (Å²) in [5.74, 6) is 1.68. The Morgan fingerprint density at radius 3 is 2.37 bits per heavy atom. The van der Waals surface area contributed by atoms with Crippen LogP contribution in [0.5, 0.6) is 17.2 Å². The number of benzene rings is 3. The van der Waals surface area contributed by atoms with Gasteiger partial charge < -0.3 is 19.5 Å². The molecule has 5 heteroatoms. The Labute approximate surface area is 175 Å². The summed E-state index contributed by atoms with van der Waals surface area (Å²) in [6, 6.07) is 17.4. The Morgan fingerprint density at radius 1 is 0.933 bits per heavy atom. The third kappa shape index (κ3) is 2.58. The molecule has 0 aliphatic carbocycles. The van der Waals surface area contributed by atoms with Gasteiger partial charge in [0.1, 0.15) is 17.2 Å². The summed E-state index contributed by atoms with van der Waals surface area (Å²) in [6.07, 6.45) is 0.0418. The van der Waals surface area contributed by atoms with E-state index in [1.165, 1.54) is 0 Å². The Hall–Kier alpha value is -3.47. The smallest absolute Gasteiger partial charge is 0.340 e. The van der Waals surface area contributed by atoms with Crippen LogP contribution in [-0.2, 0) is 10.3 Å². The summed E-state index contributed by atoms with van der Waals surface area (Å²) < 4.78 is 18.3. The van der Waals surface area contributed by atoms with Gasteiger partial charge in [0, 0.05) is 35.5 Å². The highest BCUT2D eigenvalue weighted by Gasteiger charge is 2.53. The van der Waals surface area contributed by atoms with Crippen LogP contribution < -0.4 is 14.8 Å².